The van der Waals surface area contributed by atoms with Gasteiger partial charge in [-0.15, -0.1) is 0 Å². The van der Waals surface area contributed by atoms with Gasteiger partial charge in [-0.2, -0.15) is 13.2 Å². The van der Waals surface area contributed by atoms with Gasteiger partial charge in [-0.25, -0.2) is 0 Å². The van der Waals surface area contributed by atoms with Crippen LogP contribution in [-0.2, 0) is 6.18 Å². The van der Waals surface area contributed by atoms with Gasteiger partial charge in [-0.05, 0) is 26.0 Å². The largest absolute Gasteiger partial charge is 0.493 e. The standard InChI is InChI=1S/C12H11F3O3/c1-3-18-9-5-4-8(6-16)11(12(13,14)15)10(9)7(2)17/h4-6H,3H2,1-2H3. The van der Waals surface area contributed by atoms with Gasteiger partial charge >= 0.3 is 6.18 Å². The number of carbonyl (C=O) groups excluding carboxylic acids is 2. The van der Waals surface area contributed by atoms with Crippen LogP contribution in [0, 0.1) is 0 Å². The Morgan fingerprint density at radius 2 is 2.00 bits per heavy atom. The van der Waals surface area contributed by atoms with Crippen molar-refractivity contribution >= 4 is 12.1 Å². The first-order chi connectivity index (χ1) is 8.32. The van der Waals surface area contributed by atoms with Gasteiger partial charge in [0.1, 0.15) is 5.75 Å². The number of benzene rings is 1. The van der Waals surface area contributed by atoms with Crippen molar-refractivity contribution in [3.8, 4) is 5.75 Å². The quantitative estimate of drug-likeness (QED) is 0.617. The molecule has 0 saturated heterocycles. The number of aldehydes is 1. The molecule has 0 N–H and O–H groups in total. The van der Waals surface area contributed by atoms with Crippen molar-refractivity contribution < 1.29 is 27.5 Å². The van der Waals surface area contributed by atoms with Crippen LogP contribution in [-0.4, -0.2) is 18.7 Å². The van der Waals surface area contributed by atoms with Gasteiger partial charge < -0.3 is 4.74 Å². The Kier molecular flexibility index (Phi) is 4.11. The zero-order chi connectivity index (χ0) is 13.9. The van der Waals surface area contributed by atoms with Crippen molar-refractivity contribution in [2.24, 2.45) is 0 Å². The number of ether oxygens (including phenoxy) is 1. The molecule has 18 heavy (non-hydrogen) atoms. The van der Waals surface area contributed by atoms with E-state index >= 15 is 0 Å². The van der Waals surface area contributed by atoms with Gasteiger partial charge in [0.05, 0.1) is 17.7 Å². The van der Waals surface area contributed by atoms with Crippen molar-refractivity contribution in [3.63, 3.8) is 0 Å². The molecule has 1 aromatic rings. The van der Waals surface area contributed by atoms with Gasteiger partial charge in [0, 0.05) is 5.56 Å². The highest BCUT2D eigenvalue weighted by Crippen LogP contribution is 2.38. The maximum atomic E-state index is 12.9. The lowest BCUT2D eigenvalue weighted by Crippen LogP contribution is -2.16. The molecule has 0 aliphatic heterocycles. The normalized spacial score (nSPS) is 11.2. The fraction of sp³-hybridized carbons (Fsp3) is 0.333. The van der Waals surface area contributed by atoms with E-state index in [-0.39, 0.29) is 18.6 Å². The molecule has 0 aliphatic carbocycles. The van der Waals surface area contributed by atoms with Gasteiger partial charge in [-0.1, -0.05) is 0 Å². The summed E-state index contributed by atoms with van der Waals surface area (Å²) in [5, 5.41) is 0. The third kappa shape index (κ3) is 2.69. The van der Waals surface area contributed by atoms with Crippen LogP contribution < -0.4 is 4.74 Å². The van der Waals surface area contributed by atoms with E-state index in [9.17, 15) is 22.8 Å². The third-order valence-electron chi connectivity index (χ3n) is 2.26. The minimum atomic E-state index is -4.79. The van der Waals surface area contributed by atoms with E-state index in [1.807, 2.05) is 0 Å². The summed E-state index contributed by atoms with van der Waals surface area (Å²) in [6.07, 6.45) is -4.71. The molecule has 98 valence electrons. The lowest BCUT2D eigenvalue weighted by atomic mass is 9.97. The van der Waals surface area contributed by atoms with E-state index in [4.69, 9.17) is 4.74 Å². The zero-order valence-electron chi connectivity index (χ0n) is 9.80. The molecule has 0 fully saturated rings. The van der Waals surface area contributed by atoms with Crippen molar-refractivity contribution in [3.05, 3.63) is 28.8 Å². The molecule has 0 radical (unpaired) electrons. The predicted octanol–water partition coefficient (Wildman–Crippen LogP) is 3.12. The average Bonchev–Trinajstić information content (AvgIpc) is 2.27. The first-order valence-electron chi connectivity index (χ1n) is 5.16. The predicted molar refractivity (Wildman–Crippen MR) is 58.0 cm³/mol. The minimum Gasteiger partial charge on any atom is -0.493 e. The number of hydrogen-bond donors (Lipinski definition) is 0. The molecule has 0 unspecified atom stereocenters. The molecule has 6 heteroatoms. The Morgan fingerprint density at radius 3 is 2.39 bits per heavy atom. The average molecular weight is 260 g/mol. The van der Waals surface area contributed by atoms with Crippen LogP contribution in [0.25, 0.3) is 0 Å². The second-order valence-corrected chi connectivity index (χ2v) is 3.51. The summed E-state index contributed by atoms with van der Waals surface area (Å²) in [4.78, 5) is 22.0. The molecule has 3 nitrogen and oxygen atoms in total. The minimum absolute atomic E-state index is 0.0744. The Morgan fingerprint density at radius 1 is 1.39 bits per heavy atom. The lowest BCUT2D eigenvalue weighted by molar-refractivity contribution is -0.138. The highest BCUT2D eigenvalue weighted by Gasteiger charge is 2.38. The molecule has 0 aromatic heterocycles. The third-order valence-corrected chi connectivity index (χ3v) is 2.26. The fourth-order valence-corrected chi connectivity index (χ4v) is 1.63. The molecule has 0 bridgehead atoms. The fourth-order valence-electron chi connectivity index (χ4n) is 1.63. The van der Waals surface area contributed by atoms with Crippen molar-refractivity contribution in [2.75, 3.05) is 6.61 Å². The number of rotatable bonds is 4. The maximum Gasteiger partial charge on any atom is 0.417 e. The second kappa shape index (κ2) is 5.20. The summed E-state index contributed by atoms with van der Waals surface area (Å²) < 4.78 is 43.7. The number of ketones is 1. The maximum absolute atomic E-state index is 12.9. The first kappa shape index (κ1) is 14.2. The van der Waals surface area contributed by atoms with Crippen LogP contribution in [0.5, 0.6) is 5.75 Å². The first-order valence-corrected chi connectivity index (χ1v) is 5.16. The molecule has 0 heterocycles. The van der Waals surface area contributed by atoms with Crippen molar-refractivity contribution in [1.82, 2.24) is 0 Å². The SMILES string of the molecule is CCOc1ccc(C=O)c(C(F)(F)F)c1C(C)=O. The van der Waals surface area contributed by atoms with Crippen molar-refractivity contribution in [1.29, 1.82) is 0 Å². The molecule has 1 rings (SSSR count). The molecule has 0 aliphatic rings. The van der Waals surface area contributed by atoms with E-state index in [2.05, 4.69) is 0 Å². The van der Waals surface area contributed by atoms with E-state index in [0.717, 1.165) is 13.0 Å². The molecule has 0 amide bonds. The summed E-state index contributed by atoms with van der Waals surface area (Å²) in [6, 6.07) is 2.19. The van der Waals surface area contributed by atoms with Crippen LogP contribution in [0.4, 0.5) is 13.2 Å². The molecular weight excluding hydrogens is 249 g/mol. The van der Waals surface area contributed by atoms with Gasteiger partial charge in [0.15, 0.2) is 12.1 Å². The Bertz CT molecular complexity index is 478. The summed E-state index contributed by atoms with van der Waals surface area (Å²) in [7, 11) is 0. The van der Waals surface area contributed by atoms with Crippen LogP contribution in [0.1, 0.15) is 40.1 Å². The molecule has 0 spiro atoms. The highest BCUT2D eigenvalue weighted by atomic mass is 19.4. The van der Waals surface area contributed by atoms with Crippen LogP contribution in [0.3, 0.4) is 0 Å². The topological polar surface area (TPSA) is 43.4 Å². The number of hydrogen-bond acceptors (Lipinski definition) is 3. The van der Waals surface area contributed by atoms with Crippen molar-refractivity contribution in [2.45, 2.75) is 20.0 Å². The van der Waals surface area contributed by atoms with Gasteiger partial charge in [0.2, 0.25) is 0 Å². The summed E-state index contributed by atoms with van der Waals surface area (Å²) in [5.41, 5.74) is -2.42. The number of halogens is 3. The van der Waals surface area contributed by atoms with E-state index in [1.54, 1.807) is 6.92 Å². The summed E-state index contributed by atoms with van der Waals surface area (Å²) in [5.74, 6) is -0.961. The number of carbonyl (C=O) groups is 2. The van der Waals surface area contributed by atoms with Crippen LogP contribution in [0.2, 0.25) is 0 Å². The van der Waals surface area contributed by atoms with Gasteiger partial charge in [-0.3, -0.25) is 9.59 Å². The Hall–Kier alpha value is -1.85. The van der Waals surface area contributed by atoms with Gasteiger partial charge in [0.25, 0.3) is 0 Å². The zero-order valence-corrected chi connectivity index (χ0v) is 9.80. The number of alkyl halides is 3. The van der Waals surface area contributed by atoms with E-state index in [0.29, 0.717) is 0 Å². The monoisotopic (exact) mass is 260 g/mol. The van der Waals surface area contributed by atoms with Crippen LogP contribution in [0.15, 0.2) is 12.1 Å². The highest BCUT2D eigenvalue weighted by molar-refractivity contribution is 6.00. The van der Waals surface area contributed by atoms with E-state index < -0.39 is 28.6 Å². The molecular formula is C12H11F3O3. The second-order valence-electron chi connectivity index (χ2n) is 3.51. The molecule has 0 saturated carbocycles. The Balaban J connectivity index is 3.64. The lowest BCUT2D eigenvalue weighted by Gasteiger charge is -2.16. The van der Waals surface area contributed by atoms with Crippen LogP contribution >= 0.6 is 0 Å². The summed E-state index contributed by atoms with van der Waals surface area (Å²) in [6.45, 7) is 2.71. The Labute approximate surface area is 102 Å². The molecule has 1 aromatic carbocycles. The summed E-state index contributed by atoms with van der Waals surface area (Å²) >= 11 is 0. The molecule has 0 atom stereocenters. The number of Topliss-reactive ketones (excluding diaryl/α,β-unsaturated/α-hetero) is 1. The smallest absolute Gasteiger partial charge is 0.417 e. The van der Waals surface area contributed by atoms with E-state index in [1.165, 1.54) is 6.07 Å².